The molecule has 2 heterocycles. The van der Waals surface area contributed by atoms with E-state index in [9.17, 15) is 14.4 Å². The number of aromatic nitrogens is 3. The van der Waals surface area contributed by atoms with E-state index in [-0.39, 0.29) is 17.7 Å². The van der Waals surface area contributed by atoms with E-state index in [2.05, 4.69) is 10.3 Å². The number of pyridine rings is 1. The molecule has 37 heavy (non-hydrogen) atoms. The largest absolute Gasteiger partial charge is 0.481 e. The highest BCUT2D eigenvalue weighted by molar-refractivity contribution is 6.04. The van der Waals surface area contributed by atoms with Crippen LogP contribution in [0.1, 0.15) is 21.5 Å². The lowest BCUT2D eigenvalue weighted by Gasteiger charge is -2.15. The summed E-state index contributed by atoms with van der Waals surface area (Å²) < 4.78 is 23.1. The van der Waals surface area contributed by atoms with Crippen molar-refractivity contribution < 1.29 is 13.9 Å². The van der Waals surface area contributed by atoms with Gasteiger partial charge in [0.25, 0.3) is 11.5 Å². The van der Waals surface area contributed by atoms with Gasteiger partial charge in [-0.15, -0.1) is 0 Å². The first-order valence-electron chi connectivity index (χ1n) is 11.4. The molecule has 0 bridgehead atoms. The minimum atomic E-state index is -0.711. The highest BCUT2D eigenvalue weighted by Crippen LogP contribution is 2.35. The Morgan fingerprint density at radius 1 is 1.05 bits per heavy atom. The quantitative estimate of drug-likeness (QED) is 0.417. The van der Waals surface area contributed by atoms with Gasteiger partial charge in [-0.25, -0.2) is 14.2 Å². The molecule has 10 heteroatoms. The molecule has 4 rings (SSSR count). The third-order valence-corrected chi connectivity index (χ3v) is 6.19. The second kappa shape index (κ2) is 10.2. The molecule has 0 saturated heterocycles. The predicted octanol–water partition coefficient (Wildman–Crippen LogP) is 2.98. The number of benzene rings is 2. The zero-order valence-corrected chi connectivity index (χ0v) is 20.8. The normalized spacial score (nSPS) is 10.9. The molecule has 0 aliphatic rings. The zero-order chi connectivity index (χ0) is 26.9. The molecule has 0 spiro atoms. The van der Waals surface area contributed by atoms with Gasteiger partial charge < -0.3 is 20.4 Å². The van der Waals surface area contributed by atoms with E-state index in [4.69, 9.17) is 10.5 Å². The molecule has 0 saturated carbocycles. The fourth-order valence-corrected chi connectivity index (χ4v) is 4.11. The van der Waals surface area contributed by atoms with Gasteiger partial charge in [0, 0.05) is 49.2 Å². The number of ether oxygens (including phenoxy) is 1. The number of nitrogens with zero attached hydrogens (tertiary/aromatic N) is 3. The number of aryl methyl sites for hydroxylation is 1. The van der Waals surface area contributed by atoms with Crippen molar-refractivity contribution in [2.75, 3.05) is 12.4 Å². The van der Waals surface area contributed by atoms with E-state index in [1.54, 1.807) is 55.5 Å². The first-order valence-corrected chi connectivity index (χ1v) is 11.4. The number of methoxy groups -OCH3 is 1. The number of carbonyl (C=O) groups excluding carboxylic acids is 1. The third-order valence-electron chi connectivity index (χ3n) is 6.19. The maximum atomic E-state index is 15.8. The summed E-state index contributed by atoms with van der Waals surface area (Å²) >= 11 is 0. The van der Waals surface area contributed by atoms with Crippen LogP contribution in [0, 0.1) is 12.7 Å². The van der Waals surface area contributed by atoms with E-state index < -0.39 is 23.0 Å². The number of carbonyl (C=O) groups is 1. The summed E-state index contributed by atoms with van der Waals surface area (Å²) in [6.45, 7) is 1.98. The number of amides is 1. The van der Waals surface area contributed by atoms with E-state index in [1.165, 1.54) is 27.4 Å². The van der Waals surface area contributed by atoms with Crippen LogP contribution in [0.15, 0.2) is 64.3 Å². The maximum absolute atomic E-state index is 15.8. The van der Waals surface area contributed by atoms with Crippen LogP contribution in [0.4, 0.5) is 10.1 Å². The Bertz CT molecular complexity index is 1640. The van der Waals surface area contributed by atoms with Crippen LogP contribution < -0.4 is 27.0 Å². The molecule has 2 aromatic heterocycles. The summed E-state index contributed by atoms with van der Waals surface area (Å²) in [5.74, 6) is -0.840. The Morgan fingerprint density at radius 3 is 2.43 bits per heavy atom. The van der Waals surface area contributed by atoms with Crippen LogP contribution in [-0.4, -0.2) is 27.1 Å². The fourth-order valence-electron chi connectivity index (χ4n) is 4.11. The average Bonchev–Trinajstić information content (AvgIpc) is 2.90. The van der Waals surface area contributed by atoms with Gasteiger partial charge in [0.2, 0.25) is 5.88 Å². The molecule has 2 aromatic carbocycles. The topological polar surface area (TPSA) is 121 Å². The Hall–Kier alpha value is -4.57. The lowest BCUT2D eigenvalue weighted by atomic mass is 9.95. The van der Waals surface area contributed by atoms with Crippen molar-refractivity contribution in [1.82, 2.24) is 14.1 Å². The second-order valence-electron chi connectivity index (χ2n) is 8.47. The average molecular weight is 504 g/mol. The third kappa shape index (κ3) is 4.66. The molecule has 0 aliphatic heterocycles. The van der Waals surface area contributed by atoms with Crippen molar-refractivity contribution in [2.24, 2.45) is 19.8 Å². The van der Waals surface area contributed by atoms with Gasteiger partial charge in [-0.3, -0.25) is 14.2 Å². The standard InChI is InChI=1S/C27H26FN5O4/c1-15-17(7-6-10-21(15)30-24(34)20-14-32(2)27(36)33(3)26(20)35)18-8-5-9-19(23(18)28)22-12-11-16(13-29)25(31-22)37-4/h5-12,14H,13,29H2,1-4H3,(H,30,34). The van der Waals surface area contributed by atoms with E-state index in [0.29, 0.717) is 39.5 Å². The van der Waals surface area contributed by atoms with Crippen molar-refractivity contribution in [3.05, 3.63) is 98.1 Å². The van der Waals surface area contributed by atoms with Gasteiger partial charge in [-0.2, -0.15) is 0 Å². The van der Waals surface area contributed by atoms with Crippen LogP contribution >= 0.6 is 0 Å². The molecule has 0 atom stereocenters. The summed E-state index contributed by atoms with van der Waals surface area (Å²) in [7, 11) is 4.23. The molecule has 0 fully saturated rings. The molecule has 1 amide bonds. The summed E-state index contributed by atoms with van der Waals surface area (Å²) in [6.07, 6.45) is 1.19. The van der Waals surface area contributed by atoms with E-state index in [0.717, 1.165) is 9.13 Å². The molecule has 0 unspecified atom stereocenters. The van der Waals surface area contributed by atoms with Crippen LogP contribution in [0.25, 0.3) is 22.4 Å². The lowest BCUT2D eigenvalue weighted by Crippen LogP contribution is -2.40. The number of nitrogens with two attached hydrogens (primary N) is 1. The van der Waals surface area contributed by atoms with Gasteiger partial charge in [0.1, 0.15) is 11.4 Å². The molecule has 0 radical (unpaired) electrons. The highest BCUT2D eigenvalue weighted by Gasteiger charge is 2.19. The summed E-state index contributed by atoms with van der Waals surface area (Å²) in [6, 6.07) is 13.5. The Labute approximate surface area is 212 Å². The van der Waals surface area contributed by atoms with E-state index in [1.807, 2.05) is 0 Å². The summed E-state index contributed by atoms with van der Waals surface area (Å²) in [5, 5.41) is 2.71. The van der Waals surface area contributed by atoms with Crippen molar-refractivity contribution in [2.45, 2.75) is 13.5 Å². The number of halogens is 1. The van der Waals surface area contributed by atoms with E-state index >= 15 is 4.39 Å². The zero-order valence-electron chi connectivity index (χ0n) is 20.8. The molecule has 0 aliphatic carbocycles. The molecular formula is C27H26FN5O4. The summed E-state index contributed by atoms with van der Waals surface area (Å²) in [4.78, 5) is 41.8. The van der Waals surface area contributed by atoms with Crippen molar-refractivity contribution in [3.8, 4) is 28.3 Å². The smallest absolute Gasteiger partial charge is 0.330 e. The highest BCUT2D eigenvalue weighted by atomic mass is 19.1. The second-order valence-corrected chi connectivity index (χ2v) is 8.47. The Balaban J connectivity index is 1.74. The minimum absolute atomic E-state index is 0.191. The van der Waals surface area contributed by atoms with Crippen molar-refractivity contribution in [1.29, 1.82) is 0 Å². The first-order chi connectivity index (χ1) is 17.7. The molecule has 4 aromatic rings. The monoisotopic (exact) mass is 503 g/mol. The van der Waals surface area contributed by atoms with Gasteiger partial charge in [-0.1, -0.05) is 30.3 Å². The Kier molecular flexibility index (Phi) is 7.03. The van der Waals surface area contributed by atoms with Crippen molar-refractivity contribution >= 4 is 11.6 Å². The number of rotatable bonds is 6. The molecule has 190 valence electrons. The molecular weight excluding hydrogens is 477 g/mol. The summed E-state index contributed by atoms with van der Waals surface area (Å²) in [5.41, 5.74) is 7.51. The van der Waals surface area contributed by atoms with Crippen molar-refractivity contribution in [3.63, 3.8) is 0 Å². The number of hydrogen-bond acceptors (Lipinski definition) is 6. The Morgan fingerprint density at radius 2 is 1.73 bits per heavy atom. The maximum Gasteiger partial charge on any atom is 0.330 e. The van der Waals surface area contributed by atoms with Crippen LogP contribution in [0.3, 0.4) is 0 Å². The SMILES string of the molecule is COc1nc(-c2cccc(-c3cccc(NC(=O)c4cn(C)c(=O)n(C)c4=O)c3C)c2F)ccc1CN. The number of nitrogens with one attached hydrogen (secondary N) is 1. The fraction of sp³-hybridized carbons (Fsp3) is 0.185. The molecule has 9 nitrogen and oxygen atoms in total. The van der Waals surface area contributed by atoms with Gasteiger partial charge in [-0.05, 0) is 36.2 Å². The van der Waals surface area contributed by atoms with Gasteiger partial charge in [0.15, 0.2) is 0 Å². The van der Waals surface area contributed by atoms with Gasteiger partial charge >= 0.3 is 5.69 Å². The van der Waals surface area contributed by atoms with Gasteiger partial charge in [0.05, 0.1) is 12.8 Å². The van der Waals surface area contributed by atoms with Crippen LogP contribution in [0.2, 0.25) is 0 Å². The first kappa shape index (κ1) is 25.5. The molecule has 3 N–H and O–H groups in total. The lowest BCUT2D eigenvalue weighted by molar-refractivity contribution is 0.102. The number of anilines is 1. The minimum Gasteiger partial charge on any atom is -0.481 e. The number of hydrogen-bond donors (Lipinski definition) is 2. The predicted molar refractivity (Wildman–Crippen MR) is 139 cm³/mol. The van der Waals surface area contributed by atoms with Crippen LogP contribution in [0.5, 0.6) is 5.88 Å². The van der Waals surface area contributed by atoms with Crippen LogP contribution in [-0.2, 0) is 20.6 Å².